The van der Waals surface area contributed by atoms with Crippen LogP contribution in [0.25, 0.3) is 0 Å². The van der Waals surface area contributed by atoms with Crippen LogP contribution in [0.3, 0.4) is 0 Å². The van der Waals surface area contributed by atoms with E-state index in [1.54, 1.807) is 60.7 Å². The second-order valence-corrected chi connectivity index (χ2v) is 7.59. The third-order valence-corrected chi connectivity index (χ3v) is 5.39. The van der Waals surface area contributed by atoms with Gasteiger partial charge in [-0.3, -0.25) is 14.4 Å². The fraction of sp³-hybridized carbons (Fsp3) is 0.0870. The SMILES string of the molecule is COc1ccc(NC(=O)c2ccccc2N2C(=O)c3ccc(Br)cc3C2=O)c(OC)c1. The van der Waals surface area contributed by atoms with Crippen LogP contribution in [0, 0.1) is 0 Å². The largest absolute Gasteiger partial charge is 0.497 e. The van der Waals surface area contributed by atoms with Gasteiger partial charge in [0, 0.05) is 10.5 Å². The highest BCUT2D eigenvalue weighted by atomic mass is 79.9. The van der Waals surface area contributed by atoms with Crippen molar-refractivity contribution < 1.29 is 23.9 Å². The van der Waals surface area contributed by atoms with Crippen LogP contribution < -0.4 is 19.7 Å². The molecule has 3 aromatic rings. The Kier molecular flexibility index (Phi) is 5.48. The molecule has 1 N–H and O–H groups in total. The number of anilines is 2. The second kappa shape index (κ2) is 8.23. The summed E-state index contributed by atoms with van der Waals surface area (Å²) in [5.41, 5.74) is 1.38. The molecule has 0 aliphatic carbocycles. The number of ether oxygens (including phenoxy) is 2. The van der Waals surface area contributed by atoms with Crippen LogP contribution >= 0.6 is 15.9 Å². The van der Waals surface area contributed by atoms with Gasteiger partial charge in [0.15, 0.2) is 0 Å². The Labute approximate surface area is 186 Å². The van der Waals surface area contributed by atoms with Gasteiger partial charge in [-0.15, -0.1) is 0 Å². The van der Waals surface area contributed by atoms with Crippen molar-refractivity contribution in [2.24, 2.45) is 0 Å². The number of fused-ring (bicyclic) bond motifs is 1. The number of para-hydroxylation sites is 1. The predicted molar refractivity (Wildman–Crippen MR) is 119 cm³/mol. The normalized spacial score (nSPS) is 12.5. The molecule has 0 fully saturated rings. The lowest BCUT2D eigenvalue weighted by Gasteiger charge is -2.18. The first-order valence-corrected chi connectivity index (χ1v) is 10.0. The molecule has 156 valence electrons. The van der Waals surface area contributed by atoms with Crippen LogP contribution in [0.1, 0.15) is 31.1 Å². The zero-order valence-corrected chi connectivity index (χ0v) is 18.2. The number of imide groups is 1. The van der Waals surface area contributed by atoms with E-state index in [1.807, 2.05) is 0 Å². The van der Waals surface area contributed by atoms with Crippen LogP contribution in [0.5, 0.6) is 11.5 Å². The summed E-state index contributed by atoms with van der Waals surface area (Å²) in [6, 6.07) is 16.3. The lowest BCUT2D eigenvalue weighted by Crippen LogP contribution is -2.31. The van der Waals surface area contributed by atoms with Crippen molar-refractivity contribution in [3.63, 3.8) is 0 Å². The van der Waals surface area contributed by atoms with Crippen LogP contribution in [-0.4, -0.2) is 31.9 Å². The van der Waals surface area contributed by atoms with Gasteiger partial charge in [-0.05, 0) is 42.5 Å². The summed E-state index contributed by atoms with van der Waals surface area (Å²) in [6.07, 6.45) is 0. The molecule has 0 saturated carbocycles. The fourth-order valence-corrected chi connectivity index (χ4v) is 3.74. The summed E-state index contributed by atoms with van der Waals surface area (Å²) in [5.74, 6) is -0.460. The number of rotatable bonds is 5. The standard InChI is InChI=1S/C23H17BrN2O5/c1-30-14-8-10-18(20(12-14)31-2)25-21(27)16-5-3-4-6-19(16)26-22(28)15-9-7-13(24)11-17(15)23(26)29/h3-12H,1-2H3,(H,25,27). The molecule has 1 aliphatic heterocycles. The molecular formula is C23H17BrN2O5. The van der Waals surface area contributed by atoms with Crippen molar-refractivity contribution in [2.45, 2.75) is 0 Å². The number of carbonyl (C=O) groups is 3. The van der Waals surface area contributed by atoms with Gasteiger partial charge in [0.25, 0.3) is 17.7 Å². The molecule has 8 heteroatoms. The molecule has 0 saturated heterocycles. The molecule has 0 bridgehead atoms. The van der Waals surface area contributed by atoms with E-state index >= 15 is 0 Å². The zero-order valence-electron chi connectivity index (χ0n) is 16.6. The molecule has 1 aliphatic rings. The average Bonchev–Trinajstić information content (AvgIpc) is 3.03. The van der Waals surface area contributed by atoms with Crippen molar-refractivity contribution in [3.05, 3.63) is 81.8 Å². The van der Waals surface area contributed by atoms with Crippen LogP contribution in [-0.2, 0) is 0 Å². The molecular weight excluding hydrogens is 464 g/mol. The molecule has 0 aromatic heterocycles. The van der Waals surface area contributed by atoms with E-state index < -0.39 is 17.7 Å². The number of benzene rings is 3. The first kappa shape index (κ1) is 20.6. The van der Waals surface area contributed by atoms with Gasteiger partial charge < -0.3 is 14.8 Å². The van der Waals surface area contributed by atoms with Crippen LogP contribution in [0.2, 0.25) is 0 Å². The summed E-state index contributed by atoms with van der Waals surface area (Å²) in [4.78, 5) is 40.1. The van der Waals surface area contributed by atoms with Crippen molar-refractivity contribution in [1.82, 2.24) is 0 Å². The smallest absolute Gasteiger partial charge is 0.266 e. The monoisotopic (exact) mass is 480 g/mol. The molecule has 0 radical (unpaired) electrons. The summed E-state index contributed by atoms with van der Waals surface area (Å²) in [6.45, 7) is 0. The highest BCUT2D eigenvalue weighted by Gasteiger charge is 2.38. The summed E-state index contributed by atoms with van der Waals surface area (Å²) >= 11 is 3.32. The molecule has 31 heavy (non-hydrogen) atoms. The topological polar surface area (TPSA) is 84.9 Å². The number of halogens is 1. The molecule has 4 rings (SSSR count). The number of hydrogen-bond donors (Lipinski definition) is 1. The Bertz CT molecular complexity index is 1220. The molecule has 3 amide bonds. The van der Waals surface area contributed by atoms with E-state index in [0.717, 1.165) is 4.90 Å². The summed E-state index contributed by atoms with van der Waals surface area (Å²) in [5, 5.41) is 2.78. The molecule has 0 spiro atoms. The van der Waals surface area contributed by atoms with Gasteiger partial charge in [-0.2, -0.15) is 0 Å². The van der Waals surface area contributed by atoms with E-state index in [1.165, 1.54) is 14.2 Å². The fourth-order valence-electron chi connectivity index (χ4n) is 3.38. The van der Waals surface area contributed by atoms with Crippen LogP contribution in [0.4, 0.5) is 11.4 Å². The van der Waals surface area contributed by atoms with E-state index in [-0.39, 0.29) is 16.8 Å². The number of hydrogen-bond acceptors (Lipinski definition) is 5. The third kappa shape index (κ3) is 3.66. The Hall–Kier alpha value is -3.65. The lowest BCUT2D eigenvalue weighted by molar-refractivity contribution is 0.0926. The summed E-state index contributed by atoms with van der Waals surface area (Å²) in [7, 11) is 3.01. The summed E-state index contributed by atoms with van der Waals surface area (Å²) < 4.78 is 11.2. The maximum Gasteiger partial charge on any atom is 0.266 e. The first-order chi connectivity index (χ1) is 14.9. The number of nitrogens with zero attached hydrogens (tertiary/aromatic N) is 1. The molecule has 3 aromatic carbocycles. The van der Waals surface area contributed by atoms with Crippen molar-refractivity contribution >= 4 is 45.0 Å². The van der Waals surface area contributed by atoms with Gasteiger partial charge in [-0.25, -0.2) is 4.90 Å². The van der Waals surface area contributed by atoms with Gasteiger partial charge in [0.2, 0.25) is 0 Å². The maximum atomic E-state index is 13.1. The average molecular weight is 481 g/mol. The van der Waals surface area contributed by atoms with E-state index in [2.05, 4.69) is 21.2 Å². The van der Waals surface area contributed by atoms with E-state index in [9.17, 15) is 14.4 Å². The maximum absolute atomic E-state index is 13.1. The Morgan fingerprint density at radius 2 is 1.65 bits per heavy atom. The van der Waals surface area contributed by atoms with Gasteiger partial charge >= 0.3 is 0 Å². The minimum Gasteiger partial charge on any atom is -0.497 e. The first-order valence-electron chi connectivity index (χ1n) is 9.25. The molecule has 0 unspecified atom stereocenters. The van der Waals surface area contributed by atoms with Crippen molar-refractivity contribution in [3.8, 4) is 11.5 Å². The van der Waals surface area contributed by atoms with Gasteiger partial charge in [0.1, 0.15) is 11.5 Å². The van der Waals surface area contributed by atoms with Crippen molar-refractivity contribution in [1.29, 1.82) is 0 Å². The highest BCUT2D eigenvalue weighted by Crippen LogP contribution is 2.34. The predicted octanol–water partition coefficient (Wildman–Crippen LogP) is 4.52. The number of methoxy groups -OCH3 is 2. The second-order valence-electron chi connectivity index (χ2n) is 6.67. The quantitative estimate of drug-likeness (QED) is 0.542. The van der Waals surface area contributed by atoms with Crippen molar-refractivity contribution in [2.75, 3.05) is 24.4 Å². The van der Waals surface area contributed by atoms with E-state index in [4.69, 9.17) is 9.47 Å². The van der Waals surface area contributed by atoms with Gasteiger partial charge in [-0.1, -0.05) is 28.1 Å². The molecule has 7 nitrogen and oxygen atoms in total. The van der Waals surface area contributed by atoms with Gasteiger partial charge in [0.05, 0.1) is 42.3 Å². The number of amides is 3. The third-order valence-electron chi connectivity index (χ3n) is 4.90. The zero-order chi connectivity index (χ0) is 22.1. The number of carbonyl (C=O) groups excluding carboxylic acids is 3. The Morgan fingerprint density at radius 3 is 2.39 bits per heavy atom. The number of nitrogens with one attached hydrogen (secondary N) is 1. The Morgan fingerprint density at radius 1 is 0.903 bits per heavy atom. The minimum atomic E-state index is -0.489. The molecule has 1 heterocycles. The lowest BCUT2D eigenvalue weighted by atomic mass is 10.1. The molecule has 0 atom stereocenters. The minimum absolute atomic E-state index is 0.175. The highest BCUT2D eigenvalue weighted by molar-refractivity contribution is 9.10. The van der Waals surface area contributed by atoms with Crippen LogP contribution in [0.15, 0.2) is 65.1 Å². The van der Waals surface area contributed by atoms with E-state index in [0.29, 0.717) is 27.2 Å². The Balaban J connectivity index is 1.70.